The van der Waals surface area contributed by atoms with Gasteiger partial charge < -0.3 is 4.98 Å². The molecule has 1 aliphatic heterocycles. The van der Waals surface area contributed by atoms with E-state index in [2.05, 4.69) is 41.1 Å². The van der Waals surface area contributed by atoms with Gasteiger partial charge in [0.2, 0.25) is 0 Å². The second kappa shape index (κ2) is 8.73. The molecule has 1 aliphatic rings. The zero-order chi connectivity index (χ0) is 19.5. The van der Waals surface area contributed by atoms with E-state index in [1.165, 1.54) is 34.9 Å². The molecule has 1 N–H and O–H groups in total. The second-order valence-corrected chi connectivity index (χ2v) is 8.51. The molecule has 0 spiro atoms. The molecule has 4 heteroatoms. The predicted molar refractivity (Wildman–Crippen MR) is 121 cm³/mol. The predicted octanol–water partition coefficient (Wildman–Crippen LogP) is 7.32. The topological polar surface area (TPSA) is 19.0 Å². The Morgan fingerprint density at radius 3 is 2.86 bits per heavy atom. The second-order valence-electron chi connectivity index (χ2n) is 7.66. The van der Waals surface area contributed by atoms with Crippen LogP contribution in [0.4, 0.5) is 0 Å². The maximum absolute atomic E-state index is 6.40. The molecule has 0 bridgehead atoms. The highest BCUT2D eigenvalue weighted by atomic mass is 35.5. The average molecular weight is 413 g/mol. The summed E-state index contributed by atoms with van der Waals surface area (Å²) < 4.78 is 0. The van der Waals surface area contributed by atoms with Crippen LogP contribution in [0.3, 0.4) is 0 Å². The Hall–Kier alpha value is -1.74. The highest BCUT2D eigenvalue weighted by molar-refractivity contribution is 6.33. The van der Waals surface area contributed by atoms with E-state index in [4.69, 9.17) is 23.2 Å². The van der Waals surface area contributed by atoms with Gasteiger partial charge in [-0.25, -0.2) is 0 Å². The summed E-state index contributed by atoms with van der Waals surface area (Å²) in [4.78, 5) is 5.79. The van der Waals surface area contributed by atoms with Crippen molar-refractivity contribution >= 4 is 39.7 Å². The van der Waals surface area contributed by atoms with Crippen molar-refractivity contribution in [3.8, 4) is 0 Å². The Balaban J connectivity index is 1.62. The smallest absolute Gasteiger partial charge is 0.0454 e. The minimum Gasteiger partial charge on any atom is -0.361 e. The lowest BCUT2D eigenvalue weighted by atomic mass is 9.90. The zero-order valence-corrected chi connectivity index (χ0v) is 17.8. The van der Waals surface area contributed by atoms with Crippen molar-refractivity contribution < 1.29 is 0 Å². The van der Waals surface area contributed by atoms with E-state index in [1.54, 1.807) is 5.57 Å². The lowest BCUT2D eigenvalue weighted by Gasteiger charge is -2.31. The Bertz CT molecular complexity index is 1000. The lowest BCUT2D eigenvalue weighted by molar-refractivity contribution is 0.258. The number of aromatic nitrogens is 1. The van der Waals surface area contributed by atoms with Gasteiger partial charge in [0.05, 0.1) is 0 Å². The van der Waals surface area contributed by atoms with Crippen LogP contribution in [0.15, 0.2) is 54.2 Å². The number of benzene rings is 2. The van der Waals surface area contributed by atoms with Crippen molar-refractivity contribution in [1.29, 1.82) is 0 Å². The van der Waals surface area contributed by atoms with E-state index in [0.29, 0.717) is 0 Å². The van der Waals surface area contributed by atoms with Gasteiger partial charge >= 0.3 is 0 Å². The Morgan fingerprint density at radius 1 is 1.11 bits per heavy atom. The number of H-pyrrole nitrogens is 1. The van der Waals surface area contributed by atoms with Crippen molar-refractivity contribution in [2.45, 2.75) is 39.2 Å². The first-order chi connectivity index (χ1) is 13.6. The number of rotatable bonds is 5. The Labute approximate surface area is 177 Å². The number of halogens is 2. The molecule has 28 heavy (non-hydrogen) atoms. The van der Waals surface area contributed by atoms with Crippen molar-refractivity contribution in [3.05, 3.63) is 75.4 Å². The summed E-state index contributed by atoms with van der Waals surface area (Å²) in [6.45, 7) is 5.22. The lowest BCUT2D eigenvalue weighted by Crippen LogP contribution is -2.31. The number of likely N-dealkylation sites (tertiary alicyclic amines) is 1. The number of allylic oxidation sites excluding steroid dienone is 1. The Morgan fingerprint density at radius 2 is 2.00 bits per heavy atom. The van der Waals surface area contributed by atoms with Crippen molar-refractivity contribution in [3.63, 3.8) is 0 Å². The summed E-state index contributed by atoms with van der Waals surface area (Å²) in [6.07, 6.45) is 6.66. The maximum Gasteiger partial charge on any atom is 0.0454 e. The van der Waals surface area contributed by atoms with Crippen LogP contribution >= 0.6 is 23.2 Å². The number of hydrogen-bond acceptors (Lipinski definition) is 1. The number of aromatic amines is 1. The van der Waals surface area contributed by atoms with Crippen LogP contribution in [0.2, 0.25) is 10.0 Å². The molecular weight excluding hydrogens is 387 g/mol. The van der Waals surface area contributed by atoms with Crippen LogP contribution in [0, 0.1) is 0 Å². The molecule has 3 aromatic rings. The van der Waals surface area contributed by atoms with Crippen LogP contribution < -0.4 is 0 Å². The van der Waals surface area contributed by atoms with Gasteiger partial charge in [-0.1, -0.05) is 48.2 Å². The third-order valence-corrected chi connectivity index (χ3v) is 6.20. The summed E-state index contributed by atoms with van der Waals surface area (Å²) >= 11 is 12.6. The molecule has 0 aliphatic carbocycles. The van der Waals surface area contributed by atoms with Crippen molar-refractivity contribution in [1.82, 2.24) is 9.88 Å². The van der Waals surface area contributed by atoms with E-state index in [-0.39, 0.29) is 0 Å². The quantitative estimate of drug-likeness (QED) is 0.464. The monoisotopic (exact) mass is 412 g/mol. The third kappa shape index (κ3) is 4.30. The molecule has 146 valence electrons. The van der Waals surface area contributed by atoms with Gasteiger partial charge in [0.1, 0.15) is 0 Å². The van der Waals surface area contributed by atoms with Crippen LogP contribution in [0.25, 0.3) is 16.5 Å². The van der Waals surface area contributed by atoms with Crippen LogP contribution in [0.5, 0.6) is 0 Å². The molecule has 0 amide bonds. The summed E-state index contributed by atoms with van der Waals surface area (Å²) in [7, 11) is 0. The molecule has 2 heterocycles. The number of nitrogens with one attached hydrogen (secondary N) is 1. The molecule has 2 nitrogen and oxygen atoms in total. The average Bonchev–Trinajstić information content (AvgIpc) is 3.17. The number of nitrogens with zero attached hydrogens (tertiary/aromatic N) is 1. The van der Waals surface area contributed by atoms with Crippen LogP contribution in [-0.4, -0.2) is 23.0 Å². The van der Waals surface area contributed by atoms with E-state index in [9.17, 15) is 0 Å². The first-order valence-corrected chi connectivity index (χ1v) is 10.8. The minimum atomic E-state index is 0.749. The summed E-state index contributed by atoms with van der Waals surface area (Å²) in [6, 6.07) is 14.7. The van der Waals surface area contributed by atoms with Gasteiger partial charge in [0.15, 0.2) is 0 Å². The Kier molecular flexibility index (Phi) is 6.10. The van der Waals surface area contributed by atoms with Gasteiger partial charge in [0, 0.05) is 34.8 Å². The first-order valence-electron chi connectivity index (χ1n) is 10.1. The van der Waals surface area contributed by atoms with Gasteiger partial charge in [-0.3, -0.25) is 4.90 Å². The van der Waals surface area contributed by atoms with Crippen molar-refractivity contribution in [2.75, 3.05) is 13.1 Å². The first kappa shape index (κ1) is 19.6. The van der Waals surface area contributed by atoms with E-state index < -0.39 is 0 Å². The minimum absolute atomic E-state index is 0.749. The molecule has 1 fully saturated rings. The standard InChI is InChI=1S/C24H26Cl2N2/c1-2-4-22(17-6-9-24-18(13-17)10-11-27-24)19-5-3-12-28(15-19)16-20-14-21(25)7-8-23(20)26/h6-11,13-14,27H,2-5,12,15-16H2,1H3/b22-19-. The fourth-order valence-electron chi connectivity index (χ4n) is 4.25. The van der Waals surface area contributed by atoms with E-state index in [0.717, 1.165) is 48.1 Å². The van der Waals surface area contributed by atoms with Gasteiger partial charge in [0.25, 0.3) is 0 Å². The molecule has 1 aromatic heterocycles. The maximum atomic E-state index is 6.40. The van der Waals surface area contributed by atoms with Gasteiger partial charge in [-0.15, -0.1) is 0 Å². The molecule has 0 radical (unpaired) electrons. The van der Waals surface area contributed by atoms with Gasteiger partial charge in [-0.2, -0.15) is 0 Å². The largest absolute Gasteiger partial charge is 0.361 e. The fraction of sp³-hybridized carbons (Fsp3) is 0.333. The highest BCUT2D eigenvalue weighted by Crippen LogP contribution is 2.32. The van der Waals surface area contributed by atoms with E-state index >= 15 is 0 Å². The summed E-state index contributed by atoms with van der Waals surface area (Å²) in [5, 5.41) is 2.83. The third-order valence-electron chi connectivity index (χ3n) is 5.60. The van der Waals surface area contributed by atoms with Crippen LogP contribution in [-0.2, 0) is 6.54 Å². The molecule has 0 unspecified atom stereocenters. The molecule has 0 saturated carbocycles. The molecule has 1 saturated heterocycles. The number of piperidine rings is 1. The van der Waals surface area contributed by atoms with Gasteiger partial charge in [-0.05, 0) is 84.3 Å². The zero-order valence-electron chi connectivity index (χ0n) is 16.3. The SMILES string of the molecule is CCC/C(=C1\CCCN(Cc2cc(Cl)ccc2Cl)C1)c1ccc2[nH]ccc2c1. The normalized spacial score (nSPS) is 17.2. The molecule has 0 atom stereocenters. The highest BCUT2D eigenvalue weighted by Gasteiger charge is 2.19. The fourth-order valence-corrected chi connectivity index (χ4v) is 4.62. The summed E-state index contributed by atoms with van der Waals surface area (Å²) in [5.74, 6) is 0. The molecule has 4 rings (SSSR count). The van der Waals surface area contributed by atoms with Crippen molar-refractivity contribution in [2.24, 2.45) is 0 Å². The number of hydrogen-bond donors (Lipinski definition) is 1. The number of fused-ring (bicyclic) bond motifs is 1. The van der Waals surface area contributed by atoms with Crippen LogP contribution in [0.1, 0.15) is 43.7 Å². The summed E-state index contributed by atoms with van der Waals surface area (Å²) in [5.41, 5.74) is 6.77. The van der Waals surface area contributed by atoms with E-state index in [1.807, 2.05) is 24.4 Å². The molecular formula is C24H26Cl2N2. The molecule has 2 aromatic carbocycles.